The molecule has 0 aliphatic rings. The van der Waals surface area contributed by atoms with E-state index in [2.05, 4.69) is 11.1 Å². The summed E-state index contributed by atoms with van der Waals surface area (Å²) in [6.45, 7) is 0. The number of nitrogens with zero attached hydrogens (tertiary/aromatic N) is 2. The van der Waals surface area contributed by atoms with Gasteiger partial charge in [-0.2, -0.15) is 5.26 Å². The third-order valence-corrected chi connectivity index (χ3v) is 3.36. The number of hydrogen-bond acceptors (Lipinski definition) is 5. The summed E-state index contributed by atoms with van der Waals surface area (Å²) in [4.78, 5) is 4.34. The third-order valence-electron chi connectivity index (χ3n) is 3.36. The molecule has 3 aromatic rings. The number of para-hydroxylation sites is 2. The normalized spacial score (nSPS) is 11.3. The lowest BCUT2D eigenvalue weighted by Gasteiger charge is -2.07. The highest BCUT2D eigenvalue weighted by Crippen LogP contribution is 2.29. The highest BCUT2D eigenvalue weighted by Gasteiger charge is 2.11. The number of hydrogen-bond donors (Lipinski definition) is 0. The summed E-state index contributed by atoms with van der Waals surface area (Å²) in [5.74, 6) is 1.52. The van der Waals surface area contributed by atoms with Crippen molar-refractivity contribution < 1.29 is 13.9 Å². The van der Waals surface area contributed by atoms with E-state index in [1.807, 2.05) is 30.3 Å². The Morgan fingerprint density at radius 1 is 1.13 bits per heavy atom. The Hall–Kier alpha value is -3.26. The molecule has 23 heavy (non-hydrogen) atoms. The van der Waals surface area contributed by atoms with Crippen molar-refractivity contribution in [2.45, 2.75) is 0 Å². The first-order valence-electron chi connectivity index (χ1n) is 6.95. The zero-order valence-electron chi connectivity index (χ0n) is 12.7. The molecule has 0 aliphatic carbocycles. The second kappa shape index (κ2) is 6.24. The lowest BCUT2D eigenvalue weighted by atomic mass is 10.1. The van der Waals surface area contributed by atoms with E-state index in [1.165, 1.54) is 0 Å². The molecular weight excluding hydrogens is 292 g/mol. The van der Waals surface area contributed by atoms with Crippen LogP contribution in [0.1, 0.15) is 11.5 Å². The van der Waals surface area contributed by atoms with Gasteiger partial charge in [-0.15, -0.1) is 0 Å². The van der Waals surface area contributed by atoms with Gasteiger partial charge in [0.25, 0.3) is 0 Å². The average Bonchev–Trinajstić information content (AvgIpc) is 3.03. The molecule has 5 nitrogen and oxygen atoms in total. The van der Waals surface area contributed by atoms with E-state index >= 15 is 0 Å². The molecular formula is C18H14N2O3. The van der Waals surface area contributed by atoms with Crippen LogP contribution >= 0.6 is 0 Å². The Bertz CT molecular complexity index is 886. The van der Waals surface area contributed by atoms with Crippen LogP contribution in [0.5, 0.6) is 11.5 Å². The average molecular weight is 306 g/mol. The first-order chi connectivity index (χ1) is 11.2. The standard InChI is InChI=1S/C18H14N2O3/c1-21-16-8-7-12(10-17(16)22-2)9-13(11-19)18-20-14-5-3-4-6-15(14)23-18/h3-10H,1-2H3/b13-9+. The summed E-state index contributed by atoms with van der Waals surface area (Å²) in [7, 11) is 3.14. The van der Waals surface area contributed by atoms with Gasteiger partial charge in [0, 0.05) is 0 Å². The summed E-state index contributed by atoms with van der Waals surface area (Å²) in [5, 5.41) is 9.42. The summed E-state index contributed by atoms with van der Waals surface area (Å²) < 4.78 is 16.1. The third kappa shape index (κ3) is 2.87. The SMILES string of the molecule is COc1ccc(/C=C(\C#N)c2nc3ccccc3o2)cc1OC. The molecule has 0 bridgehead atoms. The number of ether oxygens (including phenoxy) is 2. The van der Waals surface area contributed by atoms with E-state index in [0.717, 1.165) is 11.1 Å². The Labute approximate surface area is 133 Å². The molecule has 0 aliphatic heterocycles. The van der Waals surface area contributed by atoms with Crippen LogP contribution in [-0.2, 0) is 0 Å². The minimum Gasteiger partial charge on any atom is -0.493 e. The van der Waals surface area contributed by atoms with E-state index in [-0.39, 0.29) is 0 Å². The second-order valence-electron chi connectivity index (χ2n) is 4.77. The maximum atomic E-state index is 9.42. The summed E-state index contributed by atoms with van der Waals surface area (Å²) in [5.41, 5.74) is 2.50. The second-order valence-corrected chi connectivity index (χ2v) is 4.77. The van der Waals surface area contributed by atoms with Crippen LogP contribution < -0.4 is 9.47 Å². The highest BCUT2D eigenvalue weighted by atomic mass is 16.5. The molecule has 0 radical (unpaired) electrons. The van der Waals surface area contributed by atoms with Gasteiger partial charge in [-0.25, -0.2) is 4.98 Å². The Balaban J connectivity index is 2.03. The highest BCUT2D eigenvalue weighted by molar-refractivity contribution is 5.89. The van der Waals surface area contributed by atoms with Crippen molar-refractivity contribution in [1.29, 1.82) is 5.26 Å². The zero-order valence-corrected chi connectivity index (χ0v) is 12.7. The molecule has 0 saturated carbocycles. The van der Waals surface area contributed by atoms with Crippen LogP contribution in [-0.4, -0.2) is 19.2 Å². The molecule has 0 amide bonds. The monoisotopic (exact) mass is 306 g/mol. The maximum Gasteiger partial charge on any atom is 0.238 e. The summed E-state index contributed by atoms with van der Waals surface area (Å²) >= 11 is 0. The van der Waals surface area contributed by atoms with E-state index in [1.54, 1.807) is 32.4 Å². The number of nitriles is 1. The van der Waals surface area contributed by atoms with Gasteiger partial charge >= 0.3 is 0 Å². The number of aromatic nitrogens is 1. The Morgan fingerprint density at radius 3 is 2.61 bits per heavy atom. The first kappa shape index (κ1) is 14.7. The topological polar surface area (TPSA) is 68.3 Å². The van der Waals surface area contributed by atoms with E-state index in [0.29, 0.717) is 28.5 Å². The number of allylic oxidation sites excluding steroid dienone is 1. The van der Waals surface area contributed by atoms with Gasteiger partial charge in [0.15, 0.2) is 17.1 Å². The molecule has 1 heterocycles. The molecule has 0 spiro atoms. The van der Waals surface area contributed by atoms with Crippen molar-refractivity contribution in [3.8, 4) is 17.6 Å². The Kier molecular flexibility index (Phi) is 3.98. The molecule has 0 N–H and O–H groups in total. The van der Waals surface area contributed by atoms with Crippen molar-refractivity contribution in [1.82, 2.24) is 4.98 Å². The predicted molar refractivity (Wildman–Crippen MR) is 87.0 cm³/mol. The zero-order chi connectivity index (χ0) is 16.2. The van der Waals surface area contributed by atoms with Crippen molar-refractivity contribution in [2.75, 3.05) is 14.2 Å². The molecule has 0 saturated heterocycles. The Morgan fingerprint density at radius 2 is 1.91 bits per heavy atom. The number of methoxy groups -OCH3 is 2. The van der Waals surface area contributed by atoms with Crippen LogP contribution in [0, 0.1) is 11.3 Å². The van der Waals surface area contributed by atoms with Crippen molar-refractivity contribution >= 4 is 22.7 Å². The van der Waals surface area contributed by atoms with Gasteiger partial charge in [0.1, 0.15) is 17.2 Å². The smallest absolute Gasteiger partial charge is 0.238 e. The number of rotatable bonds is 4. The summed E-state index contributed by atoms with van der Waals surface area (Å²) in [6, 6.07) is 14.9. The van der Waals surface area contributed by atoms with Gasteiger partial charge < -0.3 is 13.9 Å². The van der Waals surface area contributed by atoms with E-state index in [4.69, 9.17) is 13.9 Å². The van der Waals surface area contributed by atoms with Crippen LogP contribution in [0.2, 0.25) is 0 Å². The van der Waals surface area contributed by atoms with Crippen LogP contribution in [0.4, 0.5) is 0 Å². The fourth-order valence-electron chi connectivity index (χ4n) is 2.24. The van der Waals surface area contributed by atoms with Crippen molar-refractivity contribution in [3.63, 3.8) is 0 Å². The van der Waals surface area contributed by atoms with Crippen molar-refractivity contribution in [2.24, 2.45) is 0 Å². The maximum absolute atomic E-state index is 9.42. The quantitative estimate of drug-likeness (QED) is 0.684. The minimum absolute atomic E-state index is 0.295. The van der Waals surface area contributed by atoms with E-state index in [9.17, 15) is 5.26 Å². The van der Waals surface area contributed by atoms with Gasteiger partial charge in [-0.05, 0) is 35.9 Å². The van der Waals surface area contributed by atoms with Crippen LogP contribution in [0.15, 0.2) is 46.9 Å². The fraction of sp³-hybridized carbons (Fsp3) is 0.111. The molecule has 5 heteroatoms. The largest absolute Gasteiger partial charge is 0.493 e. The fourth-order valence-corrected chi connectivity index (χ4v) is 2.24. The molecule has 1 aromatic heterocycles. The van der Waals surface area contributed by atoms with Gasteiger partial charge in [-0.3, -0.25) is 0 Å². The molecule has 0 unspecified atom stereocenters. The van der Waals surface area contributed by atoms with Crippen LogP contribution in [0.3, 0.4) is 0 Å². The minimum atomic E-state index is 0.295. The summed E-state index contributed by atoms with van der Waals surface area (Å²) in [6.07, 6.45) is 1.70. The number of oxazole rings is 1. The lowest BCUT2D eigenvalue weighted by Crippen LogP contribution is -1.91. The van der Waals surface area contributed by atoms with Crippen molar-refractivity contribution in [3.05, 3.63) is 53.9 Å². The first-order valence-corrected chi connectivity index (χ1v) is 6.95. The number of fused-ring (bicyclic) bond motifs is 1. The molecule has 114 valence electrons. The predicted octanol–water partition coefficient (Wildman–Crippen LogP) is 3.91. The molecule has 3 rings (SSSR count). The molecule has 0 fully saturated rings. The number of benzene rings is 2. The van der Waals surface area contributed by atoms with Gasteiger partial charge in [-0.1, -0.05) is 18.2 Å². The van der Waals surface area contributed by atoms with Gasteiger partial charge in [0.2, 0.25) is 5.89 Å². The molecule has 0 atom stereocenters. The van der Waals surface area contributed by atoms with E-state index < -0.39 is 0 Å². The van der Waals surface area contributed by atoms with Crippen LogP contribution in [0.25, 0.3) is 22.7 Å². The van der Waals surface area contributed by atoms with Gasteiger partial charge in [0.05, 0.1) is 14.2 Å². The molecule has 2 aromatic carbocycles. The lowest BCUT2D eigenvalue weighted by molar-refractivity contribution is 0.355.